The fourth-order valence-corrected chi connectivity index (χ4v) is 4.06. The molecule has 0 bridgehead atoms. The maximum atomic E-state index is 6.86. The van der Waals surface area contributed by atoms with E-state index in [1.807, 2.05) is 54.6 Å². The van der Waals surface area contributed by atoms with E-state index in [2.05, 4.69) is 24.3 Å². The first kappa shape index (κ1) is 22.9. The van der Waals surface area contributed by atoms with Gasteiger partial charge in [-0.1, -0.05) is 79.6 Å². The Bertz CT molecular complexity index is 879. The molecular weight excluding hydrogens is 386 g/mol. The SMILES string of the molecule is COc1ccccc1C(OCCCCCCN)(c1ccccc1)c1ccccc1OC. The zero-order chi connectivity index (χ0) is 21.9. The summed E-state index contributed by atoms with van der Waals surface area (Å²) < 4.78 is 18.4. The summed E-state index contributed by atoms with van der Waals surface area (Å²) in [6.07, 6.45) is 4.20. The fraction of sp³-hybridized carbons (Fsp3) is 0.333. The first-order chi connectivity index (χ1) is 15.3. The van der Waals surface area contributed by atoms with Crippen LogP contribution in [0.4, 0.5) is 0 Å². The minimum absolute atomic E-state index is 0.607. The van der Waals surface area contributed by atoms with Gasteiger partial charge < -0.3 is 19.9 Å². The molecule has 3 aromatic carbocycles. The van der Waals surface area contributed by atoms with Gasteiger partial charge in [0.25, 0.3) is 0 Å². The van der Waals surface area contributed by atoms with Crippen LogP contribution in [-0.2, 0) is 10.3 Å². The van der Waals surface area contributed by atoms with Crippen molar-refractivity contribution in [1.82, 2.24) is 0 Å². The van der Waals surface area contributed by atoms with Gasteiger partial charge in [-0.05, 0) is 37.1 Å². The summed E-state index contributed by atoms with van der Waals surface area (Å²) in [5.74, 6) is 1.56. The molecule has 2 N–H and O–H groups in total. The number of para-hydroxylation sites is 2. The van der Waals surface area contributed by atoms with Crippen LogP contribution in [-0.4, -0.2) is 27.4 Å². The number of unbranched alkanes of at least 4 members (excludes halogenated alkanes) is 3. The number of nitrogens with two attached hydrogens (primary N) is 1. The maximum Gasteiger partial charge on any atom is 0.150 e. The summed E-state index contributed by atoms with van der Waals surface area (Å²) in [4.78, 5) is 0. The van der Waals surface area contributed by atoms with Gasteiger partial charge in [0.05, 0.1) is 14.2 Å². The molecule has 31 heavy (non-hydrogen) atoms. The van der Waals surface area contributed by atoms with E-state index in [9.17, 15) is 0 Å². The summed E-state index contributed by atoms with van der Waals surface area (Å²) in [5, 5.41) is 0. The molecule has 0 atom stereocenters. The van der Waals surface area contributed by atoms with Gasteiger partial charge in [0.15, 0.2) is 5.60 Å². The van der Waals surface area contributed by atoms with E-state index in [0.29, 0.717) is 6.61 Å². The van der Waals surface area contributed by atoms with Crippen molar-refractivity contribution in [3.05, 3.63) is 95.6 Å². The average molecular weight is 420 g/mol. The van der Waals surface area contributed by atoms with Crippen LogP contribution in [0.5, 0.6) is 11.5 Å². The minimum Gasteiger partial charge on any atom is -0.496 e. The number of benzene rings is 3. The van der Waals surface area contributed by atoms with E-state index < -0.39 is 5.60 Å². The zero-order valence-corrected chi connectivity index (χ0v) is 18.6. The zero-order valence-electron chi connectivity index (χ0n) is 18.6. The molecule has 3 rings (SSSR count). The van der Waals surface area contributed by atoms with Crippen LogP contribution in [0, 0.1) is 0 Å². The molecular formula is C27H33NO3. The Balaban J connectivity index is 2.16. The van der Waals surface area contributed by atoms with Crippen molar-refractivity contribution in [1.29, 1.82) is 0 Å². The molecule has 0 radical (unpaired) electrons. The second-order valence-electron chi connectivity index (χ2n) is 7.50. The molecule has 0 saturated carbocycles. The van der Waals surface area contributed by atoms with Crippen molar-refractivity contribution < 1.29 is 14.2 Å². The number of ether oxygens (including phenoxy) is 3. The molecule has 164 valence electrons. The van der Waals surface area contributed by atoms with Crippen molar-refractivity contribution in [2.75, 3.05) is 27.4 Å². The van der Waals surface area contributed by atoms with Gasteiger partial charge in [-0.15, -0.1) is 0 Å². The molecule has 4 heteroatoms. The molecule has 0 aliphatic heterocycles. The largest absolute Gasteiger partial charge is 0.496 e. The third-order valence-electron chi connectivity index (χ3n) is 5.57. The highest BCUT2D eigenvalue weighted by molar-refractivity contribution is 5.56. The van der Waals surface area contributed by atoms with Crippen LogP contribution >= 0.6 is 0 Å². The van der Waals surface area contributed by atoms with E-state index in [4.69, 9.17) is 19.9 Å². The van der Waals surface area contributed by atoms with Crippen LogP contribution in [0.25, 0.3) is 0 Å². The molecule has 0 aromatic heterocycles. The third-order valence-corrected chi connectivity index (χ3v) is 5.57. The highest BCUT2D eigenvalue weighted by Crippen LogP contribution is 2.47. The summed E-state index contributed by atoms with van der Waals surface area (Å²) in [6.45, 7) is 1.34. The number of hydrogen-bond donors (Lipinski definition) is 1. The summed E-state index contributed by atoms with van der Waals surface area (Å²) in [6, 6.07) is 26.4. The van der Waals surface area contributed by atoms with Gasteiger partial charge in [0.1, 0.15) is 11.5 Å². The van der Waals surface area contributed by atoms with Crippen molar-refractivity contribution >= 4 is 0 Å². The lowest BCUT2D eigenvalue weighted by Gasteiger charge is -2.37. The van der Waals surface area contributed by atoms with Gasteiger partial charge in [0.2, 0.25) is 0 Å². The Morgan fingerprint density at radius 1 is 0.645 bits per heavy atom. The monoisotopic (exact) mass is 419 g/mol. The average Bonchev–Trinajstić information content (AvgIpc) is 2.84. The van der Waals surface area contributed by atoms with Gasteiger partial charge in [0, 0.05) is 17.7 Å². The van der Waals surface area contributed by atoms with Crippen molar-refractivity contribution in [3.63, 3.8) is 0 Å². The van der Waals surface area contributed by atoms with Gasteiger partial charge in [-0.25, -0.2) is 0 Å². The Hall–Kier alpha value is -2.82. The van der Waals surface area contributed by atoms with Crippen LogP contribution in [0.2, 0.25) is 0 Å². The van der Waals surface area contributed by atoms with Crippen LogP contribution in [0.15, 0.2) is 78.9 Å². The van der Waals surface area contributed by atoms with Crippen LogP contribution < -0.4 is 15.2 Å². The predicted octanol–water partition coefficient (Wildman–Crippen LogP) is 5.53. The smallest absolute Gasteiger partial charge is 0.150 e. The standard InChI is InChI=1S/C27H33NO3/c1-29-25-18-10-8-16-23(25)27(22-14-6-5-7-15-22,31-21-13-4-3-12-20-28)24-17-9-11-19-26(24)30-2/h5-11,14-19H,3-4,12-13,20-21,28H2,1-2H3. The molecule has 4 nitrogen and oxygen atoms in total. The Kier molecular flexibility index (Phi) is 8.51. The highest BCUT2D eigenvalue weighted by Gasteiger charge is 2.41. The second kappa shape index (κ2) is 11.5. The first-order valence-electron chi connectivity index (χ1n) is 10.9. The van der Waals surface area contributed by atoms with E-state index in [0.717, 1.165) is 60.4 Å². The van der Waals surface area contributed by atoms with Crippen molar-refractivity contribution in [2.45, 2.75) is 31.3 Å². The lowest BCUT2D eigenvalue weighted by atomic mass is 9.79. The first-order valence-corrected chi connectivity index (χ1v) is 10.9. The summed E-state index contributed by atoms with van der Waals surface area (Å²) in [7, 11) is 3.40. The van der Waals surface area contributed by atoms with E-state index in [-0.39, 0.29) is 0 Å². The topological polar surface area (TPSA) is 53.7 Å². The molecule has 0 amide bonds. The Morgan fingerprint density at radius 3 is 1.71 bits per heavy atom. The molecule has 0 saturated heterocycles. The van der Waals surface area contributed by atoms with Crippen molar-refractivity contribution in [2.24, 2.45) is 5.73 Å². The van der Waals surface area contributed by atoms with Crippen LogP contribution in [0.1, 0.15) is 42.4 Å². The van der Waals surface area contributed by atoms with E-state index in [1.54, 1.807) is 14.2 Å². The van der Waals surface area contributed by atoms with Gasteiger partial charge >= 0.3 is 0 Å². The minimum atomic E-state index is -0.867. The van der Waals surface area contributed by atoms with Crippen molar-refractivity contribution in [3.8, 4) is 11.5 Å². The molecule has 0 aliphatic rings. The Morgan fingerprint density at radius 2 is 1.16 bits per heavy atom. The second-order valence-corrected chi connectivity index (χ2v) is 7.50. The fourth-order valence-electron chi connectivity index (χ4n) is 4.06. The normalized spacial score (nSPS) is 11.3. The Labute approximate surface area is 186 Å². The number of hydrogen-bond acceptors (Lipinski definition) is 4. The molecule has 0 aliphatic carbocycles. The predicted molar refractivity (Wildman–Crippen MR) is 126 cm³/mol. The van der Waals surface area contributed by atoms with E-state index in [1.165, 1.54) is 0 Å². The molecule has 3 aromatic rings. The van der Waals surface area contributed by atoms with E-state index >= 15 is 0 Å². The molecule has 0 unspecified atom stereocenters. The summed E-state index contributed by atoms with van der Waals surface area (Å²) in [5.41, 5.74) is 7.72. The molecule has 0 heterocycles. The lowest BCUT2D eigenvalue weighted by Crippen LogP contribution is -2.34. The quantitative estimate of drug-likeness (QED) is 0.310. The molecule has 0 fully saturated rings. The molecule has 0 spiro atoms. The van der Waals surface area contributed by atoms with Gasteiger partial charge in [-0.3, -0.25) is 0 Å². The summed E-state index contributed by atoms with van der Waals surface area (Å²) >= 11 is 0. The highest BCUT2D eigenvalue weighted by atomic mass is 16.5. The number of rotatable bonds is 12. The maximum absolute atomic E-state index is 6.86. The lowest BCUT2D eigenvalue weighted by molar-refractivity contribution is 0.00759. The van der Waals surface area contributed by atoms with Crippen LogP contribution in [0.3, 0.4) is 0 Å². The third kappa shape index (κ3) is 5.09. The van der Waals surface area contributed by atoms with Gasteiger partial charge in [-0.2, -0.15) is 0 Å². The number of methoxy groups -OCH3 is 2.